The maximum absolute atomic E-state index is 12.6. The number of rotatable bonds is 2. The lowest BCUT2D eigenvalue weighted by Gasteiger charge is -2.39. The third kappa shape index (κ3) is 3.85. The Bertz CT molecular complexity index is 351. The van der Waals surface area contributed by atoms with Crippen LogP contribution in [0.4, 0.5) is 0 Å². The van der Waals surface area contributed by atoms with Gasteiger partial charge in [0.15, 0.2) is 0 Å². The summed E-state index contributed by atoms with van der Waals surface area (Å²) in [7, 11) is 0. The number of amides is 2. The molecule has 116 valence electrons. The van der Waals surface area contributed by atoms with E-state index in [9.17, 15) is 9.59 Å². The molecule has 0 bridgehead atoms. The number of halogens is 1. The second-order valence-electron chi connectivity index (χ2n) is 5.62. The van der Waals surface area contributed by atoms with E-state index in [1.165, 1.54) is 0 Å². The number of piperazine rings is 1. The molecule has 0 radical (unpaired) electrons. The van der Waals surface area contributed by atoms with Gasteiger partial charge in [-0.3, -0.25) is 9.59 Å². The molecule has 0 aromatic rings. The first-order valence-corrected chi connectivity index (χ1v) is 7.42. The van der Waals surface area contributed by atoms with E-state index in [4.69, 9.17) is 0 Å². The number of likely N-dealkylation sites (tertiary alicyclic amines) is 1. The Morgan fingerprint density at radius 2 is 2.05 bits per heavy atom. The molecule has 0 saturated carbocycles. The molecule has 2 aliphatic heterocycles. The van der Waals surface area contributed by atoms with Gasteiger partial charge in [0.05, 0.1) is 5.92 Å². The van der Waals surface area contributed by atoms with Gasteiger partial charge in [-0.25, -0.2) is 0 Å². The lowest BCUT2D eigenvalue weighted by molar-refractivity contribution is -0.142. The maximum atomic E-state index is 12.6. The summed E-state index contributed by atoms with van der Waals surface area (Å²) in [5.41, 5.74) is 0. The van der Waals surface area contributed by atoms with Gasteiger partial charge in [-0.05, 0) is 19.8 Å². The molecule has 2 heterocycles. The minimum Gasteiger partial charge on any atom is -0.342 e. The first-order chi connectivity index (χ1) is 9.13. The van der Waals surface area contributed by atoms with Crippen LogP contribution in [0.15, 0.2) is 0 Å². The number of nitrogens with zero attached hydrogens (tertiary/aromatic N) is 2. The van der Waals surface area contributed by atoms with Gasteiger partial charge in [0.2, 0.25) is 11.8 Å². The highest BCUT2D eigenvalue weighted by molar-refractivity contribution is 5.85. The molecule has 2 rings (SSSR count). The van der Waals surface area contributed by atoms with Crippen LogP contribution in [-0.4, -0.2) is 60.4 Å². The zero-order valence-electron chi connectivity index (χ0n) is 12.4. The summed E-state index contributed by atoms with van der Waals surface area (Å²) in [5.74, 6) is 0.415. The van der Waals surface area contributed by atoms with Gasteiger partial charge in [0, 0.05) is 45.2 Å². The minimum absolute atomic E-state index is 0. The molecule has 2 atom stereocenters. The van der Waals surface area contributed by atoms with E-state index in [0.29, 0.717) is 13.0 Å². The summed E-state index contributed by atoms with van der Waals surface area (Å²) in [6.07, 6.45) is 2.40. The highest BCUT2D eigenvalue weighted by Gasteiger charge is 2.33. The number of hydrogen-bond acceptors (Lipinski definition) is 3. The predicted octanol–water partition coefficient (Wildman–Crippen LogP) is 0.877. The van der Waals surface area contributed by atoms with E-state index in [-0.39, 0.29) is 36.2 Å². The summed E-state index contributed by atoms with van der Waals surface area (Å²) < 4.78 is 0. The molecule has 0 aromatic carbocycles. The zero-order chi connectivity index (χ0) is 13.8. The van der Waals surface area contributed by atoms with Crippen molar-refractivity contribution in [2.45, 2.75) is 39.2 Å². The van der Waals surface area contributed by atoms with Gasteiger partial charge in [-0.2, -0.15) is 0 Å². The van der Waals surface area contributed by atoms with Crippen LogP contribution in [-0.2, 0) is 9.59 Å². The molecule has 0 aliphatic carbocycles. The van der Waals surface area contributed by atoms with Crippen molar-refractivity contribution in [2.24, 2.45) is 5.92 Å². The van der Waals surface area contributed by atoms with Crippen molar-refractivity contribution in [2.75, 3.05) is 32.7 Å². The van der Waals surface area contributed by atoms with Crippen LogP contribution in [0.3, 0.4) is 0 Å². The highest BCUT2D eigenvalue weighted by Crippen LogP contribution is 2.21. The van der Waals surface area contributed by atoms with Crippen molar-refractivity contribution in [1.29, 1.82) is 0 Å². The van der Waals surface area contributed by atoms with Gasteiger partial charge >= 0.3 is 0 Å². The topological polar surface area (TPSA) is 52.7 Å². The van der Waals surface area contributed by atoms with Crippen LogP contribution in [0.5, 0.6) is 0 Å². The fraction of sp³-hybridized carbons (Fsp3) is 0.857. The molecule has 1 unspecified atom stereocenters. The molecule has 6 heteroatoms. The molecule has 0 spiro atoms. The summed E-state index contributed by atoms with van der Waals surface area (Å²) in [6, 6.07) is 0.263. The molecule has 0 aromatic heterocycles. The number of carbonyl (C=O) groups excluding carboxylic acids is 2. The smallest absolute Gasteiger partial charge is 0.227 e. The first-order valence-electron chi connectivity index (χ1n) is 7.42. The van der Waals surface area contributed by atoms with E-state index in [0.717, 1.165) is 39.0 Å². The van der Waals surface area contributed by atoms with E-state index in [1.807, 2.05) is 16.7 Å². The number of hydrogen-bond donors (Lipinski definition) is 1. The van der Waals surface area contributed by atoms with Crippen molar-refractivity contribution in [3.05, 3.63) is 0 Å². The Morgan fingerprint density at radius 1 is 1.30 bits per heavy atom. The number of nitrogens with one attached hydrogen (secondary N) is 1. The lowest BCUT2D eigenvalue weighted by Crippen LogP contribution is -2.55. The molecular weight excluding hydrogens is 278 g/mol. The fourth-order valence-corrected chi connectivity index (χ4v) is 3.03. The summed E-state index contributed by atoms with van der Waals surface area (Å²) >= 11 is 0. The Kier molecular flexibility index (Phi) is 6.76. The van der Waals surface area contributed by atoms with Crippen molar-refractivity contribution >= 4 is 24.2 Å². The molecular formula is C14H26ClN3O2. The predicted molar refractivity (Wildman–Crippen MR) is 80.9 cm³/mol. The van der Waals surface area contributed by atoms with E-state index in [1.54, 1.807) is 0 Å². The van der Waals surface area contributed by atoms with E-state index in [2.05, 4.69) is 12.2 Å². The SMILES string of the molecule is CCC(=O)N1CCCC(C(=O)N2CCNC[C@H]2C)C1.Cl. The standard InChI is InChI=1S/C14H25N3O2.ClH/c1-3-13(18)16-7-4-5-12(10-16)14(19)17-8-6-15-9-11(17)2;/h11-12,15H,3-10H2,1-2H3;1H/t11-,12?;/m1./s1. The van der Waals surface area contributed by atoms with Crippen molar-refractivity contribution in [3.8, 4) is 0 Å². The highest BCUT2D eigenvalue weighted by atomic mass is 35.5. The number of piperidine rings is 1. The van der Waals surface area contributed by atoms with E-state index >= 15 is 0 Å². The summed E-state index contributed by atoms with van der Waals surface area (Å²) in [4.78, 5) is 28.2. The molecule has 2 amide bonds. The van der Waals surface area contributed by atoms with Gasteiger partial charge < -0.3 is 15.1 Å². The Hall–Kier alpha value is -0.810. The Labute approximate surface area is 127 Å². The number of carbonyl (C=O) groups is 2. The Morgan fingerprint density at radius 3 is 2.70 bits per heavy atom. The van der Waals surface area contributed by atoms with Crippen LogP contribution in [0, 0.1) is 5.92 Å². The largest absolute Gasteiger partial charge is 0.342 e. The Balaban J connectivity index is 0.00000200. The van der Waals surface area contributed by atoms with Crippen LogP contribution >= 0.6 is 12.4 Å². The van der Waals surface area contributed by atoms with E-state index < -0.39 is 0 Å². The third-order valence-corrected chi connectivity index (χ3v) is 4.21. The third-order valence-electron chi connectivity index (χ3n) is 4.21. The van der Waals surface area contributed by atoms with Gasteiger partial charge in [-0.1, -0.05) is 6.92 Å². The first kappa shape index (κ1) is 17.2. The summed E-state index contributed by atoms with van der Waals surface area (Å²) in [5, 5.41) is 3.30. The lowest BCUT2D eigenvalue weighted by atomic mass is 9.95. The molecule has 20 heavy (non-hydrogen) atoms. The molecule has 2 saturated heterocycles. The van der Waals surface area contributed by atoms with Gasteiger partial charge in [0.1, 0.15) is 0 Å². The molecule has 2 aliphatic rings. The minimum atomic E-state index is 0. The van der Waals surface area contributed by atoms with Crippen LogP contribution in [0.25, 0.3) is 0 Å². The monoisotopic (exact) mass is 303 g/mol. The van der Waals surface area contributed by atoms with Gasteiger partial charge in [0.25, 0.3) is 0 Å². The van der Waals surface area contributed by atoms with Crippen molar-refractivity contribution in [1.82, 2.24) is 15.1 Å². The average Bonchev–Trinajstić information content (AvgIpc) is 2.46. The van der Waals surface area contributed by atoms with Crippen LogP contribution < -0.4 is 5.32 Å². The quantitative estimate of drug-likeness (QED) is 0.824. The van der Waals surface area contributed by atoms with Gasteiger partial charge in [-0.15, -0.1) is 12.4 Å². The fourth-order valence-electron chi connectivity index (χ4n) is 3.03. The maximum Gasteiger partial charge on any atom is 0.227 e. The summed E-state index contributed by atoms with van der Waals surface area (Å²) in [6.45, 7) is 7.93. The molecule has 1 N–H and O–H groups in total. The zero-order valence-corrected chi connectivity index (χ0v) is 13.2. The normalized spacial score (nSPS) is 26.9. The molecule has 5 nitrogen and oxygen atoms in total. The second-order valence-corrected chi connectivity index (χ2v) is 5.62. The molecule has 2 fully saturated rings. The average molecular weight is 304 g/mol. The van der Waals surface area contributed by atoms with Crippen molar-refractivity contribution < 1.29 is 9.59 Å². The van der Waals surface area contributed by atoms with Crippen LogP contribution in [0.2, 0.25) is 0 Å². The van der Waals surface area contributed by atoms with Crippen molar-refractivity contribution in [3.63, 3.8) is 0 Å². The van der Waals surface area contributed by atoms with Crippen LogP contribution in [0.1, 0.15) is 33.1 Å². The second kappa shape index (κ2) is 7.84.